The average Bonchev–Trinajstić information content (AvgIpc) is 3.16. The van der Waals surface area contributed by atoms with Gasteiger partial charge in [0.05, 0.1) is 17.7 Å². The third-order valence-corrected chi connectivity index (χ3v) is 7.25. The molecule has 0 unspecified atom stereocenters. The van der Waals surface area contributed by atoms with Gasteiger partial charge in [-0.3, -0.25) is 4.79 Å². The van der Waals surface area contributed by atoms with E-state index in [2.05, 4.69) is 26.2 Å². The molecule has 0 aliphatic carbocycles. The molecule has 0 radical (unpaired) electrons. The molecule has 174 valence electrons. The van der Waals surface area contributed by atoms with Crippen LogP contribution in [0.2, 0.25) is 10.0 Å². The van der Waals surface area contributed by atoms with Crippen LogP contribution in [0.5, 0.6) is 11.5 Å². The van der Waals surface area contributed by atoms with Crippen LogP contribution in [0.25, 0.3) is 6.08 Å². The number of amidine groups is 1. The average molecular weight is 578 g/mol. The number of nitrogens with one attached hydrogen (secondary N) is 1. The summed E-state index contributed by atoms with van der Waals surface area (Å²) in [7, 11) is 1.57. The van der Waals surface area contributed by atoms with Crippen LogP contribution < -0.4 is 14.8 Å². The summed E-state index contributed by atoms with van der Waals surface area (Å²) in [5.74, 6) is 0.905. The maximum atomic E-state index is 12.6. The molecule has 5 nitrogen and oxygen atoms in total. The molecule has 0 spiro atoms. The number of thioether (sulfide) groups is 1. The van der Waals surface area contributed by atoms with Gasteiger partial charge in [-0.25, -0.2) is 4.99 Å². The SMILES string of the molecule is COc1cc(/C=C2/SC(=Nc3cccc(Cl)c3C)NC2=O)c(Br)cc1OCc1ccc(Cl)cc1. The summed E-state index contributed by atoms with van der Waals surface area (Å²) in [4.78, 5) is 17.6. The zero-order valence-corrected chi connectivity index (χ0v) is 22.1. The third kappa shape index (κ3) is 5.78. The lowest BCUT2D eigenvalue weighted by atomic mass is 10.1. The van der Waals surface area contributed by atoms with Crippen LogP contribution in [0.3, 0.4) is 0 Å². The van der Waals surface area contributed by atoms with E-state index in [1.165, 1.54) is 11.8 Å². The second-order valence-corrected chi connectivity index (χ2v) is 10.0. The Morgan fingerprint density at radius 3 is 2.62 bits per heavy atom. The number of carbonyl (C=O) groups excluding carboxylic acids is 1. The highest BCUT2D eigenvalue weighted by Gasteiger charge is 2.25. The largest absolute Gasteiger partial charge is 0.493 e. The molecule has 3 aromatic carbocycles. The van der Waals surface area contributed by atoms with Gasteiger partial charge in [-0.15, -0.1) is 0 Å². The van der Waals surface area contributed by atoms with Gasteiger partial charge in [0.2, 0.25) is 0 Å². The van der Waals surface area contributed by atoms with Crippen molar-refractivity contribution in [2.75, 3.05) is 7.11 Å². The first kappa shape index (κ1) is 24.7. The number of methoxy groups -OCH3 is 1. The summed E-state index contributed by atoms with van der Waals surface area (Å²) >= 11 is 17.0. The first-order valence-electron chi connectivity index (χ1n) is 10.1. The molecule has 0 bridgehead atoms. The van der Waals surface area contributed by atoms with Gasteiger partial charge >= 0.3 is 0 Å². The van der Waals surface area contributed by atoms with Crippen molar-refractivity contribution in [2.24, 2.45) is 4.99 Å². The van der Waals surface area contributed by atoms with Gasteiger partial charge in [0.25, 0.3) is 5.91 Å². The number of carbonyl (C=O) groups is 1. The molecule has 1 aliphatic heterocycles. The molecule has 0 aromatic heterocycles. The van der Waals surface area contributed by atoms with Crippen molar-refractivity contribution in [3.63, 3.8) is 0 Å². The number of benzene rings is 3. The number of rotatable bonds is 6. The molecule has 1 aliphatic rings. The summed E-state index contributed by atoms with van der Waals surface area (Å²) in [5, 5.41) is 4.60. The van der Waals surface area contributed by atoms with Crippen molar-refractivity contribution in [1.82, 2.24) is 5.32 Å². The van der Waals surface area contributed by atoms with E-state index in [-0.39, 0.29) is 5.91 Å². The molecule has 0 atom stereocenters. The van der Waals surface area contributed by atoms with Crippen molar-refractivity contribution in [3.8, 4) is 11.5 Å². The highest BCUT2D eigenvalue weighted by Crippen LogP contribution is 2.37. The Bertz CT molecular complexity index is 1310. The summed E-state index contributed by atoms with van der Waals surface area (Å²) in [6.07, 6.45) is 1.78. The van der Waals surface area contributed by atoms with Gasteiger partial charge in [0.15, 0.2) is 16.7 Å². The fraction of sp³-hybridized carbons (Fsp3) is 0.120. The lowest BCUT2D eigenvalue weighted by Gasteiger charge is -2.13. The molecule has 1 N–H and O–H groups in total. The lowest BCUT2D eigenvalue weighted by molar-refractivity contribution is -0.115. The van der Waals surface area contributed by atoms with Crippen LogP contribution in [0.1, 0.15) is 16.7 Å². The number of hydrogen-bond donors (Lipinski definition) is 1. The van der Waals surface area contributed by atoms with Gasteiger partial charge in [0, 0.05) is 14.5 Å². The number of nitrogens with zero attached hydrogens (tertiary/aromatic N) is 1. The lowest BCUT2D eigenvalue weighted by Crippen LogP contribution is -2.19. The molecule has 0 saturated carbocycles. The number of aliphatic imine (C=N–C) groups is 1. The smallest absolute Gasteiger partial charge is 0.264 e. The van der Waals surface area contributed by atoms with E-state index >= 15 is 0 Å². The maximum Gasteiger partial charge on any atom is 0.264 e. The molecule has 9 heteroatoms. The molecule has 34 heavy (non-hydrogen) atoms. The Morgan fingerprint density at radius 2 is 1.88 bits per heavy atom. The van der Waals surface area contributed by atoms with Gasteiger partial charge < -0.3 is 14.8 Å². The Hall–Kier alpha value is -2.45. The first-order chi connectivity index (χ1) is 16.3. The quantitative estimate of drug-likeness (QED) is 0.307. The molecule has 3 aromatic rings. The second kappa shape index (κ2) is 10.9. The fourth-order valence-electron chi connectivity index (χ4n) is 3.12. The standard InChI is InChI=1S/C25H19BrCl2N2O3S/c1-14-19(28)4-3-5-20(14)29-25-30-24(31)23(34-25)11-16-10-21(32-2)22(12-18(16)26)33-13-15-6-8-17(27)9-7-15/h3-12H,13H2,1-2H3,(H,29,30,31)/b23-11+. The Labute approximate surface area is 220 Å². The van der Waals surface area contributed by atoms with Gasteiger partial charge in [0.1, 0.15) is 6.61 Å². The molecule has 4 rings (SSSR count). The predicted octanol–water partition coefficient (Wildman–Crippen LogP) is 7.54. The van der Waals surface area contributed by atoms with Crippen LogP contribution in [0.4, 0.5) is 5.69 Å². The molecule has 1 saturated heterocycles. The summed E-state index contributed by atoms with van der Waals surface area (Å²) < 4.78 is 12.2. The minimum Gasteiger partial charge on any atom is -0.493 e. The normalized spacial score (nSPS) is 15.6. The van der Waals surface area contributed by atoms with E-state index < -0.39 is 0 Å². The van der Waals surface area contributed by atoms with Crippen LogP contribution in [0, 0.1) is 6.92 Å². The zero-order valence-electron chi connectivity index (χ0n) is 18.2. The van der Waals surface area contributed by atoms with E-state index in [1.807, 2.05) is 55.5 Å². The molecule has 1 fully saturated rings. The van der Waals surface area contributed by atoms with E-state index in [4.69, 9.17) is 32.7 Å². The van der Waals surface area contributed by atoms with Crippen molar-refractivity contribution >= 4 is 73.7 Å². The van der Waals surface area contributed by atoms with Crippen molar-refractivity contribution in [3.05, 3.63) is 90.7 Å². The number of halogens is 3. The van der Waals surface area contributed by atoms with E-state index in [9.17, 15) is 4.79 Å². The fourth-order valence-corrected chi connectivity index (χ4v) is 4.68. The minimum atomic E-state index is -0.225. The molecule has 1 heterocycles. The van der Waals surface area contributed by atoms with Gasteiger partial charge in [-0.1, -0.05) is 57.3 Å². The van der Waals surface area contributed by atoms with Crippen molar-refractivity contribution in [2.45, 2.75) is 13.5 Å². The first-order valence-corrected chi connectivity index (χ1v) is 12.5. The second-order valence-electron chi connectivity index (χ2n) is 7.31. The number of hydrogen-bond acceptors (Lipinski definition) is 5. The molecular formula is C25H19BrCl2N2O3S. The summed E-state index contributed by atoms with van der Waals surface area (Å²) in [6.45, 7) is 2.25. The predicted molar refractivity (Wildman–Crippen MR) is 143 cm³/mol. The summed E-state index contributed by atoms with van der Waals surface area (Å²) in [6, 6.07) is 16.6. The monoisotopic (exact) mass is 576 g/mol. The minimum absolute atomic E-state index is 0.225. The van der Waals surface area contributed by atoms with Crippen LogP contribution in [-0.2, 0) is 11.4 Å². The van der Waals surface area contributed by atoms with Gasteiger partial charge in [-0.05, 0) is 77.9 Å². The van der Waals surface area contributed by atoms with E-state index in [1.54, 1.807) is 19.3 Å². The highest BCUT2D eigenvalue weighted by molar-refractivity contribution is 9.10. The van der Waals surface area contributed by atoms with E-state index in [0.29, 0.717) is 43.9 Å². The maximum absolute atomic E-state index is 12.6. The topological polar surface area (TPSA) is 59.9 Å². The van der Waals surface area contributed by atoms with Crippen LogP contribution in [0.15, 0.2) is 69.0 Å². The van der Waals surface area contributed by atoms with Crippen molar-refractivity contribution < 1.29 is 14.3 Å². The molecule has 1 amide bonds. The number of ether oxygens (including phenoxy) is 2. The third-order valence-electron chi connectivity index (χ3n) is 4.99. The Balaban J connectivity index is 1.55. The number of amides is 1. The highest BCUT2D eigenvalue weighted by atomic mass is 79.9. The Kier molecular flexibility index (Phi) is 7.88. The van der Waals surface area contributed by atoms with Crippen LogP contribution in [-0.4, -0.2) is 18.2 Å². The van der Waals surface area contributed by atoms with Crippen LogP contribution >= 0.6 is 50.9 Å². The van der Waals surface area contributed by atoms with Gasteiger partial charge in [-0.2, -0.15) is 0 Å². The van der Waals surface area contributed by atoms with Crippen molar-refractivity contribution in [1.29, 1.82) is 0 Å². The van der Waals surface area contributed by atoms with E-state index in [0.717, 1.165) is 21.2 Å². The summed E-state index contributed by atoms with van der Waals surface area (Å²) in [5.41, 5.74) is 3.32. The zero-order chi connectivity index (χ0) is 24.2. The molecular weight excluding hydrogens is 559 g/mol. The Morgan fingerprint density at radius 1 is 1.12 bits per heavy atom.